The second-order valence-electron chi connectivity index (χ2n) is 4.71. The average molecular weight is 335 g/mol. The van der Waals surface area contributed by atoms with Gasteiger partial charge < -0.3 is 10.6 Å². The van der Waals surface area contributed by atoms with E-state index in [4.69, 9.17) is 5.73 Å². The zero-order valence-corrected chi connectivity index (χ0v) is 12.0. The first-order chi connectivity index (χ1) is 9.58. The van der Waals surface area contributed by atoms with Crippen molar-refractivity contribution in [2.45, 2.75) is 12.1 Å². The minimum Gasteiger partial charge on any atom is -0.318 e. The van der Waals surface area contributed by atoms with Gasteiger partial charge in [-0.05, 0) is 42.0 Å². The summed E-state index contributed by atoms with van der Waals surface area (Å²) in [4.78, 5) is 13.6. The van der Waals surface area contributed by atoms with E-state index in [2.05, 4.69) is 15.9 Å². The highest BCUT2D eigenvalue weighted by Crippen LogP contribution is 2.38. The van der Waals surface area contributed by atoms with Crippen LogP contribution in [0.15, 0.2) is 53.0 Å². The number of benzene rings is 2. The molecule has 1 fully saturated rings. The van der Waals surface area contributed by atoms with E-state index in [9.17, 15) is 9.18 Å². The molecule has 0 bridgehead atoms. The van der Waals surface area contributed by atoms with E-state index in [0.29, 0.717) is 5.69 Å². The maximum absolute atomic E-state index is 13.0. The zero-order valence-electron chi connectivity index (χ0n) is 10.5. The smallest absolute Gasteiger partial charge is 0.247 e. The number of carbonyl (C=O) groups is 1. The molecule has 2 N–H and O–H groups in total. The van der Waals surface area contributed by atoms with Crippen LogP contribution in [0.1, 0.15) is 11.6 Å². The fraction of sp³-hybridized carbons (Fsp3) is 0.133. The Hall–Kier alpha value is -1.72. The monoisotopic (exact) mass is 334 g/mol. The SMILES string of the molecule is NC1C(=O)N(c2ccc(F)cc2)C1c1ccc(Br)cc1. The third kappa shape index (κ3) is 2.13. The van der Waals surface area contributed by atoms with Gasteiger partial charge in [0.1, 0.15) is 11.9 Å². The third-order valence-corrected chi connectivity index (χ3v) is 3.99. The van der Waals surface area contributed by atoms with Gasteiger partial charge in [-0.15, -0.1) is 0 Å². The summed E-state index contributed by atoms with van der Waals surface area (Å²) in [6, 6.07) is 12.8. The zero-order chi connectivity index (χ0) is 14.3. The molecule has 0 saturated carbocycles. The number of anilines is 1. The first-order valence-electron chi connectivity index (χ1n) is 6.17. The lowest BCUT2D eigenvalue weighted by Gasteiger charge is -2.45. The van der Waals surface area contributed by atoms with Crippen LogP contribution in [0.4, 0.5) is 10.1 Å². The fourth-order valence-electron chi connectivity index (χ4n) is 2.42. The van der Waals surface area contributed by atoms with Gasteiger partial charge in [-0.3, -0.25) is 4.79 Å². The van der Waals surface area contributed by atoms with E-state index in [1.165, 1.54) is 12.1 Å². The van der Waals surface area contributed by atoms with Gasteiger partial charge in [0.05, 0.1) is 6.04 Å². The summed E-state index contributed by atoms with van der Waals surface area (Å²) in [5, 5.41) is 0. The number of hydrogen-bond acceptors (Lipinski definition) is 2. The second-order valence-corrected chi connectivity index (χ2v) is 5.62. The molecule has 0 radical (unpaired) electrons. The van der Waals surface area contributed by atoms with Crippen molar-refractivity contribution in [2.75, 3.05) is 4.90 Å². The molecule has 20 heavy (non-hydrogen) atoms. The summed E-state index contributed by atoms with van der Waals surface area (Å²) in [7, 11) is 0. The Labute approximate surface area is 124 Å². The van der Waals surface area contributed by atoms with Crippen LogP contribution in [-0.2, 0) is 4.79 Å². The Balaban J connectivity index is 1.95. The molecule has 1 aliphatic heterocycles. The third-order valence-electron chi connectivity index (χ3n) is 3.46. The van der Waals surface area contributed by atoms with Gasteiger partial charge in [0.15, 0.2) is 0 Å². The normalized spacial score (nSPS) is 21.8. The topological polar surface area (TPSA) is 46.3 Å². The van der Waals surface area contributed by atoms with Crippen molar-refractivity contribution in [2.24, 2.45) is 5.73 Å². The van der Waals surface area contributed by atoms with E-state index in [1.807, 2.05) is 24.3 Å². The standard InChI is InChI=1S/C15H12BrFN2O/c16-10-3-1-9(2-4-10)14-13(18)15(20)19(14)12-7-5-11(17)6-8-12/h1-8,13-14H,18H2. The van der Waals surface area contributed by atoms with Crippen molar-refractivity contribution in [3.8, 4) is 0 Å². The van der Waals surface area contributed by atoms with Gasteiger partial charge in [0, 0.05) is 10.2 Å². The quantitative estimate of drug-likeness (QED) is 0.858. The molecule has 1 heterocycles. The summed E-state index contributed by atoms with van der Waals surface area (Å²) in [5.41, 5.74) is 7.54. The summed E-state index contributed by atoms with van der Waals surface area (Å²) >= 11 is 3.38. The fourth-order valence-corrected chi connectivity index (χ4v) is 2.68. The second kappa shape index (κ2) is 5.00. The van der Waals surface area contributed by atoms with Crippen molar-refractivity contribution in [1.82, 2.24) is 0 Å². The van der Waals surface area contributed by atoms with E-state index in [-0.39, 0.29) is 17.8 Å². The number of amides is 1. The van der Waals surface area contributed by atoms with Crippen LogP contribution in [0.3, 0.4) is 0 Å². The molecule has 0 spiro atoms. The van der Waals surface area contributed by atoms with Crippen molar-refractivity contribution < 1.29 is 9.18 Å². The van der Waals surface area contributed by atoms with Crippen LogP contribution in [0.2, 0.25) is 0 Å². The molecule has 3 nitrogen and oxygen atoms in total. The lowest BCUT2D eigenvalue weighted by atomic mass is 9.88. The Bertz CT molecular complexity index is 642. The van der Waals surface area contributed by atoms with Crippen molar-refractivity contribution in [3.05, 3.63) is 64.4 Å². The van der Waals surface area contributed by atoms with Crippen LogP contribution >= 0.6 is 15.9 Å². The van der Waals surface area contributed by atoms with Gasteiger partial charge in [-0.1, -0.05) is 28.1 Å². The molecule has 2 atom stereocenters. The average Bonchev–Trinajstić information content (AvgIpc) is 2.46. The maximum atomic E-state index is 13.0. The first kappa shape index (κ1) is 13.3. The number of hydrogen-bond donors (Lipinski definition) is 1. The van der Waals surface area contributed by atoms with Gasteiger partial charge in [-0.25, -0.2) is 4.39 Å². The molecule has 2 aromatic rings. The summed E-state index contributed by atoms with van der Waals surface area (Å²) < 4.78 is 13.9. The van der Waals surface area contributed by atoms with Crippen molar-refractivity contribution in [3.63, 3.8) is 0 Å². The minimum absolute atomic E-state index is 0.149. The largest absolute Gasteiger partial charge is 0.318 e. The number of β-lactam (4-membered cyclic amide) rings is 1. The molecule has 2 aromatic carbocycles. The summed E-state index contributed by atoms with van der Waals surface area (Å²) in [6.07, 6.45) is 0. The predicted molar refractivity (Wildman–Crippen MR) is 78.7 cm³/mol. The van der Waals surface area contributed by atoms with Crippen LogP contribution in [0.25, 0.3) is 0 Å². The molecular formula is C15H12BrFN2O. The number of carbonyl (C=O) groups excluding carboxylic acids is 1. The Morgan fingerprint density at radius 3 is 2.25 bits per heavy atom. The number of nitrogens with two attached hydrogens (primary N) is 1. The van der Waals surface area contributed by atoms with Gasteiger partial charge in [-0.2, -0.15) is 0 Å². The molecule has 3 rings (SSSR count). The van der Waals surface area contributed by atoms with E-state index in [0.717, 1.165) is 10.0 Å². The number of halogens is 2. The van der Waals surface area contributed by atoms with Gasteiger partial charge >= 0.3 is 0 Å². The Kier molecular flexibility index (Phi) is 3.31. The minimum atomic E-state index is -0.554. The maximum Gasteiger partial charge on any atom is 0.247 e. The van der Waals surface area contributed by atoms with E-state index < -0.39 is 6.04 Å². The molecule has 5 heteroatoms. The Morgan fingerprint density at radius 2 is 1.65 bits per heavy atom. The van der Waals surface area contributed by atoms with Gasteiger partial charge in [0.2, 0.25) is 5.91 Å². The molecule has 1 amide bonds. The highest BCUT2D eigenvalue weighted by atomic mass is 79.9. The van der Waals surface area contributed by atoms with Crippen LogP contribution in [-0.4, -0.2) is 11.9 Å². The predicted octanol–water partition coefficient (Wildman–Crippen LogP) is 3.00. The molecule has 102 valence electrons. The van der Waals surface area contributed by atoms with Crippen LogP contribution in [0.5, 0.6) is 0 Å². The summed E-state index contributed by atoms with van der Waals surface area (Å²) in [6.45, 7) is 0. The van der Waals surface area contributed by atoms with Crippen molar-refractivity contribution >= 4 is 27.5 Å². The molecule has 0 aromatic heterocycles. The summed E-state index contributed by atoms with van der Waals surface area (Å²) in [5.74, 6) is -0.476. The van der Waals surface area contributed by atoms with Crippen molar-refractivity contribution in [1.29, 1.82) is 0 Å². The molecule has 2 unspecified atom stereocenters. The molecule has 0 aliphatic carbocycles. The highest BCUT2D eigenvalue weighted by molar-refractivity contribution is 9.10. The van der Waals surface area contributed by atoms with Gasteiger partial charge in [0.25, 0.3) is 0 Å². The van der Waals surface area contributed by atoms with Crippen LogP contribution in [0, 0.1) is 5.82 Å². The lowest BCUT2D eigenvalue weighted by molar-refractivity contribution is -0.126. The van der Waals surface area contributed by atoms with E-state index in [1.54, 1.807) is 17.0 Å². The molecular weight excluding hydrogens is 323 g/mol. The molecule has 1 aliphatic rings. The van der Waals surface area contributed by atoms with Crippen LogP contribution < -0.4 is 10.6 Å². The van der Waals surface area contributed by atoms with E-state index >= 15 is 0 Å². The number of rotatable bonds is 2. The lowest BCUT2D eigenvalue weighted by Crippen LogP contribution is -2.63. The Morgan fingerprint density at radius 1 is 1.05 bits per heavy atom. The number of nitrogens with zero attached hydrogens (tertiary/aromatic N) is 1. The molecule has 1 saturated heterocycles. The highest BCUT2D eigenvalue weighted by Gasteiger charge is 2.46. The first-order valence-corrected chi connectivity index (χ1v) is 6.97.